The number of aryl methyl sites for hydroxylation is 3. The third kappa shape index (κ3) is 3.65. The third-order valence-corrected chi connectivity index (χ3v) is 7.53. The summed E-state index contributed by atoms with van der Waals surface area (Å²) in [5.74, 6) is 1.82. The molecule has 4 nitrogen and oxygen atoms in total. The first-order chi connectivity index (χ1) is 13.6. The Labute approximate surface area is 169 Å². The van der Waals surface area contributed by atoms with Gasteiger partial charge in [0.1, 0.15) is 0 Å². The summed E-state index contributed by atoms with van der Waals surface area (Å²) in [5, 5.41) is 7.58. The second-order valence-corrected chi connectivity index (χ2v) is 9.76. The molecule has 1 saturated carbocycles. The van der Waals surface area contributed by atoms with Gasteiger partial charge in [-0.25, -0.2) is 0 Å². The number of aromatic nitrogens is 2. The number of nitrogens with zero attached hydrogens (tertiary/aromatic N) is 3. The number of aromatic amines is 1. The first-order valence-corrected chi connectivity index (χ1v) is 11.1. The van der Waals surface area contributed by atoms with Crippen molar-refractivity contribution in [1.82, 2.24) is 20.0 Å². The average Bonchev–Trinajstić information content (AvgIpc) is 3.26. The van der Waals surface area contributed by atoms with Crippen molar-refractivity contribution >= 4 is 0 Å². The van der Waals surface area contributed by atoms with Crippen molar-refractivity contribution in [2.75, 3.05) is 32.7 Å². The highest BCUT2D eigenvalue weighted by Gasteiger charge is 2.52. The highest BCUT2D eigenvalue weighted by atomic mass is 15.3. The van der Waals surface area contributed by atoms with Crippen molar-refractivity contribution in [3.63, 3.8) is 0 Å². The Bertz CT molecular complexity index is 790. The van der Waals surface area contributed by atoms with Crippen LogP contribution in [0.5, 0.6) is 0 Å². The monoisotopic (exact) mass is 378 g/mol. The van der Waals surface area contributed by atoms with Crippen molar-refractivity contribution < 1.29 is 0 Å². The van der Waals surface area contributed by atoms with Crippen LogP contribution in [0.4, 0.5) is 0 Å². The maximum atomic E-state index is 4.42. The predicted octanol–water partition coefficient (Wildman–Crippen LogP) is 3.80. The summed E-state index contributed by atoms with van der Waals surface area (Å²) in [6.45, 7) is 11.8. The van der Waals surface area contributed by atoms with Crippen LogP contribution in [0.25, 0.3) is 0 Å². The molecule has 0 amide bonds. The fourth-order valence-electron chi connectivity index (χ4n) is 5.75. The van der Waals surface area contributed by atoms with E-state index in [1.807, 2.05) is 0 Å². The molecule has 0 radical (unpaired) electrons. The lowest BCUT2D eigenvalue weighted by molar-refractivity contribution is 0.195. The van der Waals surface area contributed by atoms with Crippen LogP contribution in [-0.4, -0.2) is 52.7 Å². The van der Waals surface area contributed by atoms with Crippen LogP contribution in [0, 0.1) is 31.1 Å². The van der Waals surface area contributed by atoms with Crippen molar-refractivity contribution in [3.8, 4) is 0 Å². The topological polar surface area (TPSA) is 35.2 Å². The minimum absolute atomic E-state index is 0.469. The van der Waals surface area contributed by atoms with Gasteiger partial charge in [0.15, 0.2) is 0 Å². The molecule has 1 aromatic heterocycles. The molecule has 1 aromatic carbocycles. The SMILES string of the molecule is Cc1n[nH]c(C)c1CN1CC2CN(CC3CC3)CC2(CCc2ccccc2)C1. The van der Waals surface area contributed by atoms with E-state index in [1.165, 1.54) is 80.9 Å². The largest absolute Gasteiger partial charge is 0.302 e. The Balaban J connectivity index is 1.30. The van der Waals surface area contributed by atoms with Gasteiger partial charge in [-0.2, -0.15) is 5.10 Å². The molecule has 150 valence electrons. The number of nitrogens with one attached hydrogen (secondary N) is 1. The van der Waals surface area contributed by atoms with Gasteiger partial charge in [-0.15, -0.1) is 0 Å². The zero-order valence-corrected chi connectivity index (χ0v) is 17.5. The van der Waals surface area contributed by atoms with E-state index < -0.39 is 0 Å². The maximum Gasteiger partial charge on any atom is 0.0639 e. The second-order valence-electron chi connectivity index (χ2n) is 9.76. The number of hydrogen-bond acceptors (Lipinski definition) is 3. The summed E-state index contributed by atoms with van der Waals surface area (Å²) in [6, 6.07) is 11.1. The molecule has 2 saturated heterocycles. The van der Waals surface area contributed by atoms with E-state index in [0.717, 1.165) is 18.4 Å². The number of hydrogen-bond donors (Lipinski definition) is 1. The van der Waals surface area contributed by atoms with E-state index in [2.05, 4.69) is 64.2 Å². The molecule has 2 aromatic rings. The highest BCUT2D eigenvalue weighted by Crippen LogP contribution is 2.47. The van der Waals surface area contributed by atoms with Crippen molar-refractivity contribution in [1.29, 1.82) is 0 Å². The van der Waals surface area contributed by atoms with Crippen LogP contribution in [0.15, 0.2) is 30.3 Å². The number of benzene rings is 1. The summed E-state index contributed by atoms with van der Waals surface area (Å²) in [5.41, 5.74) is 5.78. The van der Waals surface area contributed by atoms with Crippen LogP contribution in [0.3, 0.4) is 0 Å². The Hall–Kier alpha value is -1.65. The molecular weight excluding hydrogens is 344 g/mol. The van der Waals surface area contributed by atoms with E-state index in [4.69, 9.17) is 0 Å². The van der Waals surface area contributed by atoms with Crippen molar-refractivity contribution in [3.05, 3.63) is 52.8 Å². The van der Waals surface area contributed by atoms with Gasteiger partial charge in [0.2, 0.25) is 0 Å². The minimum atomic E-state index is 0.469. The normalized spacial score (nSPS) is 28.1. The van der Waals surface area contributed by atoms with E-state index in [-0.39, 0.29) is 0 Å². The van der Waals surface area contributed by atoms with E-state index in [1.54, 1.807) is 0 Å². The Kier molecular flexibility index (Phi) is 4.80. The second kappa shape index (κ2) is 7.31. The lowest BCUT2D eigenvalue weighted by Gasteiger charge is -2.30. The summed E-state index contributed by atoms with van der Waals surface area (Å²) in [7, 11) is 0. The molecule has 3 fully saturated rings. The highest BCUT2D eigenvalue weighted by molar-refractivity contribution is 5.24. The summed E-state index contributed by atoms with van der Waals surface area (Å²) < 4.78 is 0. The van der Waals surface area contributed by atoms with Gasteiger partial charge in [0.05, 0.1) is 5.69 Å². The van der Waals surface area contributed by atoms with Crippen LogP contribution in [-0.2, 0) is 13.0 Å². The molecule has 2 aliphatic heterocycles. The molecule has 2 atom stereocenters. The van der Waals surface area contributed by atoms with Gasteiger partial charge in [0, 0.05) is 55.9 Å². The van der Waals surface area contributed by atoms with Gasteiger partial charge in [0.25, 0.3) is 0 Å². The Morgan fingerprint density at radius 3 is 2.54 bits per heavy atom. The number of rotatable bonds is 7. The Morgan fingerprint density at radius 2 is 1.82 bits per heavy atom. The van der Waals surface area contributed by atoms with Crippen LogP contribution < -0.4 is 0 Å². The Morgan fingerprint density at radius 1 is 1.07 bits per heavy atom. The molecule has 4 heteroatoms. The average molecular weight is 379 g/mol. The molecule has 28 heavy (non-hydrogen) atoms. The van der Waals surface area contributed by atoms with Crippen LogP contribution >= 0.6 is 0 Å². The summed E-state index contributed by atoms with van der Waals surface area (Å²) in [4.78, 5) is 5.52. The fraction of sp³-hybridized carbons (Fsp3) is 0.625. The molecule has 0 spiro atoms. The first-order valence-electron chi connectivity index (χ1n) is 11.1. The number of H-pyrrole nitrogens is 1. The smallest absolute Gasteiger partial charge is 0.0639 e. The lowest BCUT2D eigenvalue weighted by Crippen LogP contribution is -2.35. The van der Waals surface area contributed by atoms with E-state index >= 15 is 0 Å². The lowest BCUT2D eigenvalue weighted by atomic mass is 9.76. The molecule has 1 aliphatic carbocycles. The fourth-order valence-corrected chi connectivity index (χ4v) is 5.75. The van der Waals surface area contributed by atoms with E-state index in [0.29, 0.717) is 5.41 Å². The minimum Gasteiger partial charge on any atom is -0.302 e. The van der Waals surface area contributed by atoms with Gasteiger partial charge in [-0.1, -0.05) is 30.3 Å². The van der Waals surface area contributed by atoms with Crippen molar-refractivity contribution in [2.24, 2.45) is 17.3 Å². The third-order valence-electron chi connectivity index (χ3n) is 7.53. The molecule has 0 bridgehead atoms. The number of likely N-dealkylation sites (tertiary alicyclic amines) is 2. The van der Waals surface area contributed by atoms with Gasteiger partial charge in [-0.3, -0.25) is 10.00 Å². The molecule has 5 rings (SSSR count). The molecule has 3 aliphatic rings. The van der Waals surface area contributed by atoms with Gasteiger partial charge >= 0.3 is 0 Å². The van der Waals surface area contributed by atoms with Crippen LogP contribution in [0.2, 0.25) is 0 Å². The molecule has 2 unspecified atom stereocenters. The summed E-state index contributed by atoms with van der Waals surface area (Å²) in [6.07, 6.45) is 5.46. The first kappa shape index (κ1) is 18.4. The van der Waals surface area contributed by atoms with Gasteiger partial charge in [-0.05, 0) is 56.9 Å². The zero-order valence-electron chi connectivity index (χ0n) is 17.5. The summed E-state index contributed by atoms with van der Waals surface area (Å²) >= 11 is 0. The quantitative estimate of drug-likeness (QED) is 0.796. The van der Waals surface area contributed by atoms with Gasteiger partial charge < -0.3 is 4.90 Å². The molecule has 3 heterocycles. The van der Waals surface area contributed by atoms with E-state index in [9.17, 15) is 0 Å². The van der Waals surface area contributed by atoms with Crippen LogP contribution in [0.1, 0.15) is 41.8 Å². The predicted molar refractivity (Wildman–Crippen MR) is 113 cm³/mol. The maximum absolute atomic E-state index is 4.42. The zero-order chi connectivity index (χ0) is 19.1. The molecular formula is C24H34N4. The standard InChI is InChI=1S/C24H34N4/c1-18-23(19(2)26-25-18)15-28-14-22-13-27(12-21-8-9-21)16-24(22,17-28)11-10-20-6-4-3-5-7-20/h3-7,21-22H,8-17H2,1-2H3,(H,25,26). The molecule has 1 N–H and O–H groups in total. The number of fused-ring (bicyclic) bond motifs is 1. The van der Waals surface area contributed by atoms with Crippen molar-refractivity contribution in [2.45, 2.75) is 46.1 Å².